The van der Waals surface area contributed by atoms with E-state index in [0.717, 1.165) is 5.56 Å². The van der Waals surface area contributed by atoms with Gasteiger partial charge in [0.15, 0.2) is 0 Å². The normalized spacial score (nSPS) is 10.8. The molecule has 26 heavy (non-hydrogen) atoms. The summed E-state index contributed by atoms with van der Waals surface area (Å²) in [6, 6.07) is 14.2. The van der Waals surface area contributed by atoms with Crippen molar-refractivity contribution in [3.8, 4) is 0 Å². The molecule has 7 heteroatoms. The smallest absolute Gasteiger partial charge is 0.317 e. The first-order valence-electron chi connectivity index (χ1n) is 8.24. The van der Waals surface area contributed by atoms with E-state index in [1.807, 2.05) is 6.07 Å². The summed E-state index contributed by atoms with van der Waals surface area (Å²) in [6.45, 7) is 2.25. The summed E-state index contributed by atoms with van der Waals surface area (Å²) in [7, 11) is 0. The van der Waals surface area contributed by atoms with Gasteiger partial charge in [0.1, 0.15) is 6.54 Å². The largest absolute Gasteiger partial charge is 0.350 e. The Bertz CT molecular complexity index is 1090. The monoisotopic (exact) mass is 371 g/mol. The molecule has 3 aromatic rings. The van der Waals surface area contributed by atoms with Gasteiger partial charge in [-0.25, -0.2) is 0 Å². The topological polar surface area (TPSA) is 73.1 Å². The third-order valence-corrected chi connectivity index (χ3v) is 4.37. The SMILES string of the molecule is CCn1c(=O)c(=O)n(CC(=O)NCc2cccc(Cl)c2)c2ccccc21. The van der Waals surface area contributed by atoms with Gasteiger partial charge < -0.3 is 9.88 Å². The van der Waals surface area contributed by atoms with Crippen LogP contribution in [-0.2, 0) is 24.4 Å². The molecule has 1 amide bonds. The second kappa shape index (κ2) is 7.58. The van der Waals surface area contributed by atoms with Crippen LogP contribution in [0.25, 0.3) is 11.0 Å². The molecule has 0 aliphatic heterocycles. The van der Waals surface area contributed by atoms with E-state index in [4.69, 9.17) is 11.6 Å². The molecule has 0 atom stereocenters. The molecular formula is C19H18ClN3O3. The summed E-state index contributed by atoms with van der Waals surface area (Å²) in [5.74, 6) is -0.356. The number of nitrogens with one attached hydrogen (secondary N) is 1. The Labute approximate surface area is 154 Å². The number of hydrogen-bond acceptors (Lipinski definition) is 3. The van der Waals surface area contributed by atoms with Crippen LogP contribution in [0.2, 0.25) is 5.02 Å². The van der Waals surface area contributed by atoms with Crippen LogP contribution in [0.1, 0.15) is 12.5 Å². The molecule has 0 bridgehead atoms. The lowest BCUT2D eigenvalue weighted by molar-refractivity contribution is -0.121. The third-order valence-electron chi connectivity index (χ3n) is 4.13. The van der Waals surface area contributed by atoms with Crippen LogP contribution in [0.3, 0.4) is 0 Å². The number of halogens is 1. The number of para-hydroxylation sites is 2. The quantitative estimate of drug-likeness (QED) is 0.698. The molecule has 0 spiro atoms. The predicted octanol–water partition coefficient (Wildman–Crippen LogP) is 2.15. The Morgan fingerprint density at radius 3 is 2.31 bits per heavy atom. The van der Waals surface area contributed by atoms with E-state index in [-0.39, 0.29) is 19.0 Å². The lowest BCUT2D eigenvalue weighted by Crippen LogP contribution is -2.43. The van der Waals surface area contributed by atoms with Crippen LogP contribution in [-0.4, -0.2) is 15.0 Å². The van der Waals surface area contributed by atoms with Crippen molar-refractivity contribution in [3.05, 3.63) is 79.8 Å². The highest BCUT2D eigenvalue weighted by Crippen LogP contribution is 2.11. The minimum absolute atomic E-state index is 0.223. The average Bonchev–Trinajstić information content (AvgIpc) is 2.64. The van der Waals surface area contributed by atoms with Gasteiger partial charge in [-0.15, -0.1) is 0 Å². The van der Waals surface area contributed by atoms with Crippen molar-refractivity contribution in [2.24, 2.45) is 0 Å². The number of benzene rings is 2. The summed E-state index contributed by atoms with van der Waals surface area (Å²) in [6.07, 6.45) is 0. The number of amides is 1. The number of nitrogens with zero attached hydrogens (tertiary/aromatic N) is 2. The van der Waals surface area contributed by atoms with E-state index >= 15 is 0 Å². The van der Waals surface area contributed by atoms with Crippen LogP contribution in [0.4, 0.5) is 0 Å². The first-order chi connectivity index (χ1) is 12.5. The maximum absolute atomic E-state index is 12.4. The minimum Gasteiger partial charge on any atom is -0.350 e. The molecule has 1 heterocycles. The van der Waals surface area contributed by atoms with Crippen molar-refractivity contribution >= 4 is 28.5 Å². The molecule has 0 saturated heterocycles. The number of hydrogen-bond donors (Lipinski definition) is 1. The summed E-state index contributed by atoms with van der Waals surface area (Å²) in [4.78, 5) is 37.1. The Morgan fingerprint density at radius 2 is 1.65 bits per heavy atom. The Morgan fingerprint density at radius 1 is 1.00 bits per heavy atom. The van der Waals surface area contributed by atoms with Gasteiger partial charge >= 0.3 is 11.1 Å². The average molecular weight is 372 g/mol. The van der Waals surface area contributed by atoms with Crippen molar-refractivity contribution in [2.45, 2.75) is 26.6 Å². The van der Waals surface area contributed by atoms with Crippen LogP contribution >= 0.6 is 11.6 Å². The van der Waals surface area contributed by atoms with Crippen molar-refractivity contribution in [3.63, 3.8) is 0 Å². The zero-order chi connectivity index (χ0) is 18.7. The van der Waals surface area contributed by atoms with Crippen LogP contribution in [0, 0.1) is 0 Å². The molecule has 6 nitrogen and oxygen atoms in total. The van der Waals surface area contributed by atoms with Crippen molar-refractivity contribution in [1.82, 2.24) is 14.5 Å². The zero-order valence-corrected chi connectivity index (χ0v) is 15.0. The maximum Gasteiger partial charge on any atom is 0.317 e. The highest BCUT2D eigenvalue weighted by molar-refractivity contribution is 6.30. The fourth-order valence-electron chi connectivity index (χ4n) is 2.89. The fourth-order valence-corrected chi connectivity index (χ4v) is 3.10. The first-order valence-corrected chi connectivity index (χ1v) is 8.62. The standard InChI is InChI=1S/C19H18ClN3O3/c1-2-22-15-8-3-4-9-16(15)23(19(26)18(22)25)12-17(24)21-11-13-6-5-7-14(20)10-13/h3-10H,2,11-12H2,1H3,(H,21,24). The minimum atomic E-state index is -0.705. The van der Waals surface area contributed by atoms with Crippen LogP contribution < -0.4 is 16.4 Å². The molecular weight excluding hydrogens is 354 g/mol. The van der Waals surface area contributed by atoms with E-state index < -0.39 is 11.1 Å². The van der Waals surface area contributed by atoms with Crippen LogP contribution in [0.15, 0.2) is 58.1 Å². The first kappa shape index (κ1) is 17.9. The second-order valence-corrected chi connectivity index (χ2v) is 6.27. The molecule has 0 fully saturated rings. The van der Waals surface area contributed by atoms with Gasteiger partial charge in [-0.2, -0.15) is 0 Å². The lowest BCUT2D eigenvalue weighted by atomic mass is 10.2. The summed E-state index contributed by atoms with van der Waals surface area (Å²) in [5.41, 5.74) is 0.695. The van der Waals surface area contributed by atoms with Gasteiger partial charge in [0, 0.05) is 18.1 Å². The summed E-state index contributed by atoms with van der Waals surface area (Å²) in [5, 5.41) is 3.33. The number of rotatable bonds is 5. The Hall–Kier alpha value is -2.86. The van der Waals surface area contributed by atoms with E-state index in [0.29, 0.717) is 22.6 Å². The van der Waals surface area contributed by atoms with E-state index in [1.54, 1.807) is 49.4 Å². The van der Waals surface area contributed by atoms with Crippen molar-refractivity contribution in [2.75, 3.05) is 0 Å². The molecule has 1 N–H and O–H groups in total. The van der Waals surface area contributed by atoms with Crippen molar-refractivity contribution < 1.29 is 4.79 Å². The van der Waals surface area contributed by atoms with Gasteiger partial charge in [-0.3, -0.25) is 19.0 Å². The molecule has 0 unspecified atom stereocenters. The summed E-state index contributed by atoms with van der Waals surface area (Å²) >= 11 is 5.93. The molecule has 3 rings (SSSR count). The lowest BCUT2D eigenvalue weighted by Gasteiger charge is -2.14. The van der Waals surface area contributed by atoms with Gasteiger partial charge in [0.25, 0.3) is 0 Å². The van der Waals surface area contributed by atoms with Gasteiger partial charge in [-0.1, -0.05) is 35.9 Å². The molecule has 0 aliphatic carbocycles. The number of fused-ring (bicyclic) bond motifs is 1. The van der Waals surface area contributed by atoms with Gasteiger partial charge in [0.2, 0.25) is 5.91 Å². The molecule has 2 aromatic carbocycles. The number of aryl methyl sites for hydroxylation is 1. The maximum atomic E-state index is 12.4. The summed E-state index contributed by atoms with van der Waals surface area (Å²) < 4.78 is 2.63. The Kier molecular flexibility index (Phi) is 5.23. The van der Waals surface area contributed by atoms with Crippen molar-refractivity contribution in [1.29, 1.82) is 0 Å². The molecule has 0 saturated carbocycles. The van der Waals surface area contributed by atoms with E-state index in [2.05, 4.69) is 5.32 Å². The fraction of sp³-hybridized carbons (Fsp3) is 0.211. The molecule has 1 aromatic heterocycles. The zero-order valence-electron chi connectivity index (χ0n) is 14.2. The molecule has 0 radical (unpaired) electrons. The highest BCUT2D eigenvalue weighted by Gasteiger charge is 2.14. The third kappa shape index (κ3) is 3.55. The number of carbonyl (C=O) groups excluding carboxylic acids is 1. The second-order valence-electron chi connectivity index (χ2n) is 5.84. The highest BCUT2D eigenvalue weighted by atomic mass is 35.5. The number of carbonyl (C=O) groups is 1. The predicted molar refractivity (Wildman–Crippen MR) is 101 cm³/mol. The van der Waals surface area contributed by atoms with E-state index in [1.165, 1.54) is 9.13 Å². The van der Waals surface area contributed by atoms with Gasteiger partial charge in [0.05, 0.1) is 11.0 Å². The molecule has 0 aliphatic rings. The van der Waals surface area contributed by atoms with Crippen LogP contribution in [0.5, 0.6) is 0 Å². The molecule has 134 valence electrons. The number of aromatic nitrogens is 2. The Balaban J connectivity index is 1.89. The van der Waals surface area contributed by atoms with Gasteiger partial charge in [-0.05, 0) is 36.8 Å². The van der Waals surface area contributed by atoms with E-state index in [9.17, 15) is 14.4 Å².